The number of hydrogen-bond acceptors (Lipinski definition) is 3. The molecule has 0 spiro atoms. The van der Waals surface area contributed by atoms with Gasteiger partial charge in [-0.15, -0.1) is 0 Å². The van der Waals surface area contributed by atoms with Gasteiger partial charge in [-0.3, -0.25) is 0 Å². The molecule has 0 bridgehead atoms. The van der Waals surface area contributed by atoms with Crippen molar-refractivity contribution in [2.24, 2.45) is 0 Å². The second-order valence-corrected chi connectivity index (χ2v) is 4.85. The summed E-state index contributed by atoms with van der Waals surface area (Å²) >= 11 is 6.15. The zero-order chi connectivity index (χ0) is 12.6. The number of rotatable bonds is 1. The Balaban J connectivity index is 2.41. The van der Waals surface area contributed by atoms with Gasteiger partial charge in [0.2, 0.25) is 0 Å². The highest BCUT2D eigenvalue weighted by Crippen LogP contribution is 2.33. The Morgan fingerprint density at radius 1 is 1.53 bits per heavy atom. The lowest BCUT2D eigenvalue weighted by Gasteiger charge is -2.27. The molecule has 1 aromatic carbocycles. The van der Waals surface area contributed by atoms with E-state index in [1.54, 1.807) is 6.07 Å². The van der Waals surface area contributed by atoms with Gasteiger partial charge in [0, 0.05) is 12.2 Å². The van der Waals surface area contributed by atoms with Gasteiger partial charge in [0.05, 0.1) is 22.7 Å². The summed E-state index contributed by atoms with van der Waals surface area (Å²) in [5.74, 6) is 0. The SMILES string of the molecule is Cc1c(N2CCC(O)C2C)ccc(C#N)c1Cl. The maximum absolute atomic E-state index is 9.76. The van der Waals surface area contributed by atoms with E-state index in [2.05, 4.69) is 11.0 Å². The predicted octanol–water partition coefficient (Wildman–Crippen LogP) is 2.48. The van der Waals surface area contributed by atoms with E-state index in [0.29, 0.717) is 10.6 Å². The van der Waals surface area contributed by atoms with Crippen LogP contribution in [-0.4, -0.2) is 23.8 Å². The van der Waals surface area contributed by atoms with Crippen molar-refractivity contribution in [3.05, 3.63) is 28.3 Å². The number of halogens is 1. The average molecular weight is 251 g/mol. The van der Waals surface area contributed by atoms with Crippen molar-refractivity contribution in [2.45, 2.75) is 32.4 Å². The Hall–Kier alpha value is -1.24. The molecule has 2 atom stereocenters. The Labute approximate surface area is 106 Å². The number of benzene rings is 1. The lowest BCUT2D eigenvalue weighted by molar-refractivity contribution is 0.170. The van der Waals surface area contributed by atoms with Gasteiger partial charge >= 0.3 is 0 Å². The fourth-order valence-corrected chi connectivity index (χ4v) is 2.54. The summed E-state index contributed by atoms with van der Waals surface area (Å²) in [6, 6.07) is 5.82. The molecule has 1 aliphatic heterocycles. The second-order valence-electron chi connectivity index (χ2n) is 4.47. The molecular formula is C13H15ClN2O. The summed E-state index contributed by atoms with van der Waals surface area (Å²) < 4.78 is 0. The van der Waals surface area contributed by atoms with Crippen LogP contribution in [0.3, 0.4) is 0 Å². The van der Waals surface area contributed by atoms with Crippen LogP contribution in [0.2, 0.25) is 5.02 Å². The van der Waals surface area contributed by atoms with Gasteiger partial charge in [-0.25, -0.2) is 0 Å². The van der Waals surface area contributed by atoms with Crippen LogP contribution in [0.1, 0.15) is 24.5 Å². The summed E-state index contributed by atoms with van der Waals surface area (Å²) in [4.78, 5) is 2.15. The first-order chi connectivity index (χ1) is 8.06. The molecule has 0 saturated carbocycles. The number of aliphatic hydroxyl groups is 1. The summed E-state index contributed by atoms with van der Waals surface area (Å²) in [6.45, 7) is 4.74. The second kappa shape index (κ2) is 4.56. The van der Waals surface area contributed by atoms with Gasteiger partial charge in [0.15, 0.2) is 0 Å². The van der Waals surface area contributed by atoms with Crippen molar-refractivity contribution in [3.8, 4) is 6.07 Å². The van der Waals surface area contributed by atoms with E-state index in [4.69, 9.17) is 16.9 Å². The van der Waals surface area contributed by atoms with Crippen LogP contribution in [0.15, 0.2) is 12.1 Å². The molecule has 1 fully saturated rings. The quantitative estimate of drug-likeness (QED) is 0.833. The molecule has 0 amide bonds. The van der Waals surface area contributed by atoms with E-state index in [1.165, 1.54) is 0 Å². The van der Waals surface area contributed by atoms with Crippen LogP contribution < -0.4 is 4.90 Å². The summed E-state index contributed by atoms with van der Waals surface area (Å²) in [5.41, 5.74) is 2.42. The maximum Gasteiger partial charge on any atom is 0.101 e. The fraction of sp³-hybridized carbons (Fsp3) is 0.462. The molecule has 1 saturated heterocycles. The zero-order valence-corrected chi connectivity index (χ0v) is 10.7. The molecule has 1 heterocycles. The third kappa shape index (κ3) is 1.99. The largest absolute Gasteiger partial charge is 0.391 e. The van der Waals surface area contributed by atoms with Gasteiger partial charge in [-0.05, 0) is 38.0 Å². The van der Waals surface area contributed by atoms with E-state index < -0.39 is 0 Å². The van der Waals surface area contributed by atoms with Crippen LogP contribution in [-0.2, 0) is 0 Å². The topological polar surface area (TPSA) is 47.3 Å². The Morgan fingerprint density at radius 3 is 2.76 bits per heavy atom. The number of hydrogen-bond donors (Lipinski definition) is 1. The van der Waals surface area contributed by atoms with Gasteiger partial charge in [-0.1, -0.05) is 11.6 Å². The van der Waals surface area contributed by atoms with Gasteiger partial charge in [0.1, 0.15) is 6.07 Å². The minimum absolute atomic E-state index is 0.0951. The summed E-state index contributed by atoms with van der Waals surface area (Å²) in [5, 5.41) is 19.2. The molecule has 2 unspecified atom stereocenters. The first kappa shape index (κ1) is 12.2. The number of nitriles is 1. The van der Waals surface area contributed by atoms with E-state index in [9.17, 15) is 5.11 Å². The normalized spacial score (nSPS) is 23.8. The Kier molecular flexibility index (Phi) is 3.28. The summed E-state index contributed by atoms with van der Waals surface area (Å²) in [6.07, 6.45) is 0.488. The van der Waals surface area contributed by atoms with Crippen LogP contribution in [0.5, 0.6) is 0 Å². The lowest BCUT2D eigenvalue weighted by Crippen LogP contribution is -2.32. The third-order valence-electron chi connectivity index (χ3n) is 3.50. The Bertz CT molecular complexity index is 481. The molecule has 3 nitrogen and oxygen atoms in total. The summed E-state index contributed by atoms with van der Waals surface area (Å²) in [7, 11) is 0. The van der Waals surface area contributed by atoms with E-state index in [1.807, 2.05) is 19.9 Å². The fourth-order valence-electron chi connectivity index (χ4n) is 2.34. The molecule has 0 aromatic heterocycles. The highest BCUT2D eigenvalue weighted by molar-refractivity contribution is 6.32. The third-order valence-corrected chi connectivity index (χ3v) is 3.99. The first-order valence-electron chi connectivity index (χ1n) is 5.70. The average Bonchev–Trinajstić information content (AvgIpc) is 2.64. The van der Waals surface area contributed by atoms with Gasteiger partial charge in [0.25, 0.3) is 0 Å². The monoisotopic (exact) mass is 250 g/mol. The highest BCUT2D eigenvalue weighted by Gasteiger charge is 2.30. The molecule has 1 aromatic rings. The van der Waals surface area contributed by atoms with Crippen molar-refractivity contribution in [1.82, 2.24) is 0 Å². The molecule has 4 heteroatoms. The van der Waals surface area contributed by atoms with Crippen LogP contribution in [0, 0.1) is 18.3 Å². The van der Waals surface area contributed by atoms with Crippen molar-refractivity contribution in [1.29, 1.82) is 5.26 Å². The molecular weight excluding hydrogens is 236 g/mol. The standard InChI is InChI=1S/C13H15ClN2O/c1-8-11(4-3-10(7-15)13(8)14)16-6-5-12(17)9(16)2/h3-4,9,12,17H,5-6H2,1-2H3. The highest BCUT2D eigenvalue weighted by atomic mass is 35.5. The van der Waals surface area contributed by atoms with Gasteiger partial charge < -0.3 is 10.0 Å². The van der Waals surface area contributed by atoms with Crippen LogP contribution in [0.4, 0.5) is 5.69 Å². The zero-order valence-electron chi connectivity index (χ0n) is 9.94. The van der Waals surface area contributed by atoms with E-state index in [-0.39, 0.29) is 12.1 Å². The molecule has 1 N–H and O–H groups in total. The van der Waals surface area contributed by atoms with Crippen molar-refractivity contribution in [3.63, 3.8) is 0 Å². The van der Waals surface area contributed by atoms with E-state index >= 15 is 0 Å². The van der Waals surface area contributed by atoms with E-state index in [0.717, 1.165) is 24.2 Å². The minimum atomic E-state index is -0.288. The molecule has 17 heavy (non-hydrogen) atoms. The number of anilines is 1. The molecule has 2 rings (SSSR count). The lowest BCUT2D eigenvalue weighted by atomic mass is 10.1. The van der Waals surface area contributed by atoms with Crippen LogP contribution in [0.25, 0.3) is 0 Å². The van der Waals surface area contributed by atoms with Crippen LogP contribution >= 0.6 is 11.6 Å². The Morgan fingerprint density at radius 2 is 2.24 bits per heavy atom. The smallest absolute Gasteiger partial charge is 0.101 e. The van der Waals surface area contributed by atoms with Crippen molar-refractivity contribution < 1.29 is 5.11 Å². The molecule has 0 radical (unpaired) electrons. The first-order valence-corrected chi connectivity index (χ1v) is 6.08. The van der Waals surface area contributed by atoms with Crippen molar-refractivity contribution in [2.75, 3.05) is 11.4 Å². The predicted molar refractivity (Wildman–Crippen MR) is 68.3 cm³/mol. The maximum atomic E-state index is 9.76. The van der Waals surface area contributed by atoms with Gasteiger partial charge in [-0.2, -0.15) is 5.26 Å². The molecule has 1 aliphatic rings. The molecule has 90 valence electrons. The minimum Gasteiger partial charge on any atom is -0.391 e. The van der Waals surface area contributed by atoms with Crippen molar-refractivity contribution >= 4 is 17.3 Å². The number of aliphatic hydroxyl groups excluding tert-OH is 1. The number of nitrogens with zero attached hydrogens (tertiary/aromatic N) is 2. The molecule has 0 aliphatic carbocycles.